The van der Waals surface area contributed by atoms with Crippen LogP contribution in [0.5, 0.6) is 0 Å². The van der Waals surface area contributed by atoms with Crippen LogP contribution >= 0.6 is 0 Å². The van der Waals surface area contributed by atoms with Crippen molar-refractivity contribution in [2.45, 2.75) is 6.92 Å². The van der Waals surface area contributed by atoms with E-state index in [1.54, 1.807) is 25.3 Å². The van der Waals surface area contributed by atoms with E-state index in [0.717, 1.165) is 10.8 Å². The van der Waals surface area contributed by atoms with Crippen LogP contribution in [-0.2, 0) is 4.74 Å². The van der Waals surface area contributed by atoms with Gasteiger partial charge in [0.05, 0.1) is 17.7 Å². The van der Waals surface area contributed by atoms with Crippen LogP contribution in [0.2, 0.25) is 0 Å². The SMILES string of the molecule is CCOC(=O)c1ccc2c(c1)nc(N)c1ncccc12. The molecule has 0 spiro atoms. The first-order valence-corrected chi connectivity index (χ1v) is 6.32. The number of carbonyl (C=O) groups is 1. The number of esters is 1. The molecule has 0 aliphatic carbocycles. The number of fused-ring (bicyclic) bond motifs is 3. The van der Waals surface area contributed by atoms with Gasteiger partial charge in [-0.05, 0) is 25.1 Å². The average Bonchev–Trinajstić information content (AvgIpc) is 2.47. The Morgan fingerprint density at radius 3 is 2.95 bits per heavy atom. The molecule has 1 aromatic carbocycles. The van der Waals surface area contributed by atoms with E-state index in [-0.39, 0.29) is 5.97 Å². The van der Waals surface area contributed by atoms with E-state index in [2.05, 4.69) is 9.97 Å². The number of pyridine rings is 2. The van der Waals surface area contributed by atoms with Gasteiger partial charge in [0.15, 0.2) is 5.82 Å². The van der Waals surface area contributed by atoms with E-state index in [1.165, 1.54) is 0 Å². The van der Waals surface area contributed by atoms with E-state index >= 15 is 0 Å². The predicted molar refractivity (Wildman–Crippen MR) is 77.4 cm³/mol. The average molecular weight is 267 g/mol. The molecule has 2 N–H and O–H groups in total. The van der Waals surface area contributed by atoms with Crippen molar-refractivity contribution < 1.29 is 9.53 Å². The molecule has 0 aliphatic heterocycles. The molecule has 5 heteroatoms. The highest BCUT2D eigenvalue weighted by Crippen LogP contribution is 2.26. The van der Waals surface area contributed by atoms with Gasteiger partial charge in [0, 0.05) is 17.0 Å². The van der Waals surface area contributed by atoms with Crippen molar-refractivity contribution in [3.05, 3.63) is 42.1 Å². The van der Waals surface area contributed by atoms with Gasteiger partial charge in [-0.3, -0.25) is 4.98 Å². The number of nitrogen functional groups attached to an aromatic ring is 1. The molecule has 0 aliphatic rings. The van der Waals surface area contributed by atoms with E-state index < -0.39 is 0 Å². The maximum Gasteiger partial charge on any atom is 0.338 e. The highest BCUT2D eigenvalue weighted by molar-refractivity contribution is 6.09. The topological polar surface area (TPSA) is 78.1 Å². The summed E-state index contributed by atoms with van der Waals surface area (Å²) >= 11 is 0. The maximum atomic E-state index is 11.7. The van der Waals surface area contributed by atoms with Crippen LogP contribution < -0.4 is 5.73 Å². The Labute approximate surface area is 115 Å². The smallest absolute Gasteiger partial charge is 0.338 e. The standard InChI is InChI=1S/C15H13N3O2/c1-2-20-15(19)9-5-6-10-11-4-3-7-17-13(11)14(16)18-12(10)8-9/h3-8H,2H2,1H3,(H2,16,18). The summed E-state index contributed by atoms with van der Waals surface area (Å²) in [7, 11) is 0. The van der Waals surface area contributed by atoms with Crippen molar-refractivity contribution in [1.29, 1.82) is 0 Å². The number of carbonyl (C=O) groups excluding carboxylic acids is 1. The van der Waals surface area contributed by atoms with E-state index in [1.807, 2.05) is 18.2 Å². The van der Waals surface area contributed by atoms with Gasteiger partial charge in [-0.2, -0.15) is 0 Å². The molecule has 20 heavy (non-hydrogen) atoms. The summed E-state index contributed by atoms with van der Waals surface area (Å²) in [4.78, 5) is 20.3. The van der Waals surface area contributed by atoms with Gasteiger partial charge >= 0.3 is 5.97 Å². The lowest BCUT2D eigenvalue weighted by Crippen LogP contribution is -2.04. The lowest BCUT2D eigenvalue weighted by molar-refractivity contribution is 0.0526. The van der Waals surface area contributed by atoms with Crippen LogP contribution in [0.1, 0.15) is 17.3 Å². The maximum absolute atomic E-state index is 11.7. The molecule has 3 rings (SSSR count). The molecule has 0 atom stereocenters. The molecular weight excluding hydrogens is 254 g/mol. The molecule has 0 saturated heterocycles. The summed E-state index contributed by atoms with van der Waals surface area (Å²) in [5, 5.41) is 1.83. The minimum absolute atomic E-state index is 0.341. The second-order valence-corrected chi connectivity index (χ2v) is 4.35. The first-order valence-electron chi connectivity index (χ1n) is 6.32. The highest BCUT2D eigenvalue weighted by Gasteiger charge is 2.11. The zero-order valence-electron chi connectivity index (χ0n) is 11.0. The fourth-order valence-electron chi connectivity index (χ4n) is 2.20. The van der Waals surface area contributed by atoms with Crippen molar-refractivity contribution in [2.75, 3.05) is 12.3 Å². The Balaban J connectivity index is 2.26. The Hall–Kier alpha value is -2.69. The summed E-state index contributed by atoms with van der Waals surface area (Å²) in [6.07, 6.45) is 1.68. The van der Waals surface area contributed by atoms with Crippen molar-refractivity contribution in [3.8, 4) is 0 Å². The third-order valence-electron chi connectivity index (χ3n) is 3.09. The lowest BCUT2D eigenvalue weighted by Gasteiger charge is -2.07. The van der Waals surface area contributed by atoms with Crippen LogP contribution in [0.4, 0.5) is 5.82 Å². The largest absolute Gasteiger partial charge is 0.462 e. The number of nitrogens with two attached hydrogens (primary N) is 1. The number of ether oxygens (including phenoxy) is 1. The Morgan fingerprint density at radius 2 is 2.15 bits per heavy atom. The van der Waals surface area contributed by atoms with E-state index in [4.69, 9.17) is 10.5 Å². The summed E-state index contributed by atoms with van der Waals surface area (Å²) in [5.41, 5.74) is 7.72. The number of hydrogen-bond acceptors (Lipinski definition) is 5. The van der Waals surface area contributed by atoms with Crippen molar-refractivity contribution in [3.63, 3.8) is 0 Å². The van der Waals surface area contributed by atoms with Gasteiger partial charge in [0.1, 0.15) is 5.52 Å². The minimum atomic E-state index is -0.360. The van der Waals surface area contributed by atoms with Crippen LogP contribution in [-0.4, -0.2) is 22.5 Å². The predicted octanol–water partition coefficient (Wildman–Crippen LogP) is 2.54. The Morgan fingerprint density at radius 1 is 1.30 bits per heavy atom. The fourth-order valence-corrected chi connectivity index (χ4v) is 2.20. The highest BCUT2D eigenvalue weighted by atomic mass is 16.5. The molecule has 2 heterocycles. The molecule has 3 aromatic rings. The number of nitrogens with zero attached hydrogens (tertiary/aromatic N) is 2. The second-order valence-electron chi connectivity index (χ2n) is 4.35. The van der Waals surface area contributed by atoms with Gasteiger partial charge < -0.3 is 10.5 Å². The lowest BCUT2D eigenvalue weighted by atomic mass is 10.1. The molecule has 100 valence electrons. The molecule has 0 unspecified atom stereocenters. The fraction of sp³-hybridized carbons (Fsp3) is 0.133. The Kier molecular flexibility index (Phi) is 2.95. The van der Waals surface area contributed by atoms with Crippen molar-refractivity contribution in [1.82, 2.24) is 9.97 Å². The summed E-state index contributed by atoms with van der Waals surface area (Å²) in [6.45, 7) is 2.11. The second kappa shape index (κ2) is 4.77. The number of rotatable bonds is 2. The van der Waals surface area contributed by atoms with Gasteiger partial charge in [-0.15, -0.1) is 0 Å². The zero-order valence-corrected chi connectivity index (χ0v) is 11.0. The molecule has 0 amide bonds. The third kappa shape index (κ3) is 1.93. The molecule has 0 bridgehead atoms. The first kappa shape index (κ1) is 12.3. The minimum Gasteiger partial charge on any atom is -0.462 e. The first-order chi connectivity index (χ1) is 9.70. The summed E-state index contributed by atoms with van der Waals surface area (Å²) in [6, 6.07) is 9.05. The molecule has 0 saturated carbocycles. The van der Waals surface area contributed by atoms with Crippen LogP contribution in [0.25, 0.3) is 21.8 Å². The quantitative estimate of drug-likeness (QED) is 0.570. The summed E-state index contributed by atoms with van der Waals surface area (Å²) in [5.74, 6) is -0.00448. The zero-order chi connectivity index (χ0) is 14.1. The van der Waals surface area contributed by atoms with Crippen LogP contribution in [0.3, 0.4) is 0 Å². The third-order valence-corrected chi connectivity index (χ3v) is 3.09. The molecule has 2 aromatic heterocycles. The van der Waals surface area contributed by atoms with Crippen molar-refractivity contribution in [2.24, 2.45) is 0 Å². The normalized spacial score (nSPS) is 10.8. The Bertz CT molecular complexity index is 815. The van der Waals surface area contributed by atoms with Crippen molar-refractivity contribution >= 4 is 33.6 Å². The number of anilines is 1. The molecule has 0 radical (unpaired) electrons. The number of hydrogen-bond donors (Lipinski definition) is 1. The summed E-state index contributed by atoms with van der Waals surface area (Å²) < 4.78 is 4.98. The number of benzene rings is 1. The molecule has 5 nitrogen and oxygen atoms in total. The molecular formula is C15H13N3O2. The van der Waals surface area contributed by atoms with Gasteiger partial charge in [0.25, 0.3) is 0 Å². The van der Waals surface area contributed by atoms with Gasteiger partial charge in [-0.1, -0.05) is 12.1 Å². The monoisotopic (exact) mass is 267 g/mol. The van der Waals surface area contributed by atoms with Crippen LogP contribution in [0.15, 0.2) is 36.5 Å². The van der Waals surface area contributed by atoms with Gasteiger partial charge in [0.2, 0.25) is 0 Å². The van der Waals surface area contributed by atoms with Gasteiger partial charge in [-0.25, -0.2) is 9.78 Å². The van der Waals surface area contributed by atoms with E-state index in [9.17, 15) is 4.79 Å². The van der Waals surface area contributed by atoms with Crippen LogP contribution in [0, 0.1) is 0 Å². The molecule has 0 fully saturated rings. The van der Waals surface area contributed by atoms with E-state index in [0.29, 0.717) is 29.0 Å². The number of aromatic nitrogens is 2.